The van der Waals surface area contributed by atoms with Crippen molar-refractivity contribution in [2.75, 3.05) is 13.2 Å². The average molecular weight is 983 g/mol. The van der Waals surface area contributed by atoms with Gasteiger partial charge in [0.1, 0.15) is 43.2 Å². The molecule has 14 heteroatoms. The first kappa shape index (κ1) is 63.6. The third-order valence-corrected chi connectivity index (χ3v) is 13.1. The van der Waals surface area contributed by atoms with Gasteiger partial charge in [-0.2, -0.15) is 0 Å². The third kappa shape index (κ3) is 34.8. The number of carbonyl (C=O) groups excluding carboxylic acids is 2. The summed E-state index contributed by atoms with van der Waals surface area (Å²) in [7, 11) is -5.13. The average Bonchev–Trinajstić information content (AvgIpc) is 3.32. The topological polar surface area (TPSA) is 210 Å². The van der Waals surface area contributed by atoms with Gasteiger partial charge >= 0.3 is 19.8 Å². The van der Waals surface area contributed by atoms with E-state index in [1.807, 2.05) is 0 Å². The fourth-order valence-electron chi connectivity index (χ4n) is 7.86. The molecule has 0 aliphatic heterocycles. The first-order chi connectivity index (χ1) is 32.9. The van der Waals surface area contributed by atoms with Gasteiger partial charge in [-0.05, 0) is 77.0 Å². The zero-order valence-corrected chi connectivity index (χ0v) is 43.0. The molecular formula is C54H95O13P. The number of hydrogen-bond donors (Lipinski definition) is 6. The highest BCUT2D eigenvalue weighted by atomic mass is 31.2. The molecule has 0 bridgehead atoms. The normalized spacial score (nSPS) is 21.5. The number of hydrogen-bond acceptors (Lipinski definition) is 12. The SMILES string of the molecule is CC/C=C\C/C=C\C/C=C\C/C=C\CCCCCCCCCCC(=O)OC(COC(=O)CCCCCCCCC/C=C\CCCCCCCCC)COP(=O)(O)OC1C(O)C(O)C(O)C(O)C1O. The molecule has 0 aromatic heterocycles. The predicted octanol–water partition coefficient (Wildman–Crippen LogP) is 11.7. The molecule has 0 aromatic rings. The first-order valence-corrected chi connectivity index (χ1v) is 28.1. The molecule has 0 saturated heterocycles. The lowest BCUT2D eigenvalue weighted by Crippen LogP contribution is -2.64. The minimum atomic E-state index is -5.13. The van der Waals surface area contributed by atoms with E-state index in [4.69, 9.17) is 18.5 Å². The largest absolute Gasteiger partial charge is 0.472 e. The molecule has 0 heterocycles. The lowest BCUT2D eigenvalue weighted by atomic mass is 9.85. The Hall–Kier alpha value is -2.45. The Bertz CT molecular complexity index is 1420. The van der Waals surface area contributed by atoms with E-state index in [9.17, 15) is 44.6 Å². The standard InChI is InChI=1S/C54H95O13P/c1-3-5-7-9-11-13-15-17-19-21-23-24-25-27-29-31-33-35-37-39-41-43-48(56)66-46(45-65-68(62,63)67-54-52(60)50(58)49(57)51(59)53(54)61)44-64-47(55)42-40-38-36-34-32-30-28-26-22-20-18-16-14-12-10-8-6-4-2/h5,7,11,13,17,19-20,22-24,46,49-54,57-61H,3-4,6,8-10,12,14-16,18,21,25-45H2,1-2H3,(H,62,63)/b7-5-,13-11-,19-17-,22-20-,24-23-. The summed E-state index contributed by atoms with van der Waals surface area (Å²) < 4.78 is 33.7. The van der Waals surface area contributed by atoms with Crippen LogP contribution in [0.15, 0.2) is 60.8 Å². The minimum Gasteiger partial charge on any atom is -0.462 e. The Morgan fingerprint density at radius 1 is 0.471 bits per heavy atom. The number of phosphoric ester groups is 1. The van der Waals surface area contributed by atoms with Crippen LogP contribution in [0.2, 0.25) is 0 Å². The van der Waals surface area contributed by atoms with Gasteiger partial charge in [0.2, 0.25) is 0 Å². The lowest BCUT2D eigenvalue weighted by molar-refractivity contribution is -0.220. The van der Waals surface area contributed by atoms with Crippen LogP contribution in [0.5, 0.6) is 0 Å². The second-order valence-electron chi connectivity index (χ2n) is 18.3. The third-order valence-electron chi connectivity index (χ3n) is 12.1. The van der Waals surface area contributed by atoms with E-state index in [0.29, 0.717) is 12.8 Å². The molecule has 1 fully saturated rings. The first-order valence-electron chi connectivity index (χ1n) is 26.6. The van der Waals surface area contributed by atoms with Crippen molar-refractivity contribution >= 4 is 19.8 Å². The van der Waals surface area contributed by atoms with Crippen LogP contribution < -0.4 is 0 Å². The molecule has 1 aliphatic carbocycles. The van der Waals surface area contributed by atoms with Crippen molar-refractivity contribution < 1.29 is 63.1 Å². The Morgan fingerprint density at radius 2 is 0.838 bits per heavy atom. The summed E-state index contributed by atoms with van der Waals surface area (Å²) in [6, 6.07) is 0. The molecule has 68 heavy (non-hydrogen) atoms. The van der Waals surface area contributed by atoms with E-state index in [-0.39, 0.29) is 12.8 Å². The summed E-state index contributed by atoms with van der Waals surface area (Å²) in [4.78, 5) is 35.9. The zero-order valence-electron chi connectivity index (χ0n) is 42.1. The summed E-state index contributed by atoms with van der Waals surface area (Å²) >= 11 is 0. The second-order valence-corrected chi connectivity index (χ2v) is 19.8. The van der Waals surface area contributed by atoms with Crippen molar-refractivity contribution in [1.82, 2.24) is 0 Å². The van der Waals surface area contributed by atoms with Crippen molar-refractivity contribution in [2.24, 2.45) is 0 Å². The van der Waals surface area contributed by atoms with E-state index < -0.39 is 75.7 Å². The van der Waals surface area contributed by atoms with E-state index in [1.54, 1.807) is 0 Å². The number of unbranched alkanes of at least 4 members (excludes halogenated alkanes) is 22. The molecule has 1 aliphatic rings. The maximum absolute atomic E-state index is 12.9. The van der Waals surface area contributed by atoms with Crippen LogP contribution in [0.4, 0.5) is 0 Å². The Labute approximate surface area is 411 Å². The second kappa shape index (κ2) is 43.3. The fraction of sp³-hybridized carbons (Fsp3) is 0.778. The van der Waals surface area contributed by atoms with Gasteiger partial charge in [0.25, 0.3) is 0 Å². The molecule has 0 radical (unpaired) electrons. The molecule has 6 unspecified atom stereocenters. The van der Waals surface area contributed by atoms with Crippen molar-refractivity contribution in [1.29, 1.82) is 0 Å². The van der Waals surface area contributed by atoms with Crippen molar-refractivity contribution in [3.63, 3.8) is 0 Å². The quantitative estimate of drug-likeness (QED) is 0.0145. The van der Waals surface area contributed by atoms with Crippen molar-refractivity contribution in [3.8, 4) is 0 Å². The highest BCUT2D eigenvalue weighted by Gasteiger charge is 2.51. The molecule has 6 atom stereocenters. The van der Waals surface area contributed by atoms with Crippen LogP contribution in [0.3, 0.4) is 0 Å². The summed E-state index contributed by atoms with van der Waals surface area (Å²) in [6.07, 6.45) is 41.1. The van der Waals surface area contributed by atoms with Gasteiger partial charge in [-0.3, -0.25) is 18.6 Å². The molecule has 0 amide bonds. The van der Waals surface area contributed by atoms with Crippen molar-refractivity contribution in [3.05, 3.63) is 60.8 Å². The predicted molar refractivity (Wildman–Crippen MR) is 272 cm³/mol. The number of aliphatic hydroxyl groups excluding tert-OH is 5. The highest BCUT2D eigenvalue weighted by Crippen LogP contribution is 2.47. The smallest absolute Gasteiger partial charge is 0.462 e. The van der Waals surface area contributed by atoms with Gasteiger partial charge in [-0.15, -0.1) is 0 Å². The molecule has 0 aromatic carbocycles. The Kier molecular flexibility index (Phi) is 40.5. The number of esters is 2. The number of ether oxygens (including phenoxy) is 2. The van der Waals surface area contributed by atoms with Gasteiger partial charge < -0.3 is 39.9 Å². The van der Waals surface area contributed by atoms with Gasteiger partial charge in [0, 0.05) is 12.8 Å². The Morgan fingerprint density at radius 3 is 1.29 bits per heavy atom. The van der Waals surface area contributed by atoms with Gasteiger partial charge in [-0.25, -0.2) is 4.57 Å². The van der Waals surface area contributed by atoms with E-state index in [1.165, 1.54) is 70.6 Å². The number of rotatable bonds is 44. The Balaban J connectivity index is 2.39. The number of allylic oxidation sites excluding steroid dienone is 10. The molecule has 6 N–H and O–H groups in total. The minimum absolute atomic E-state index is 0.0845. The number of phosphoric acid groups is 1. The summed E-state index contributed by atoms with van der Waals surface area (Å²) in [5.74, 6) is -1.11. The molecule has 1 saturated carbocycles. The summed E-state index contributed by atoms with van der Waals surface area (Å²) in [5, 5.41) is 50.3. The maximum Gasteiger partial charge on any atom is 0.472 e. The fourth-order valence-corrected chi connectivity index (χ4v) is 8.83. The molecule has 0 spiro atoms. The van der Waals surface area contributed by atoms with Crippen LogP contribution in [0.25, 0.3) is 0 Å². The van der Waals surface area contributed by atoms with Crippen molar-refractivity contribution in [2.45, 2.75) is 256 Å². The van der Waals surface area contributed by atoms with Crippen LogP contribution >= 0.6 is 7.82 Å². The van der Waals surface area contributed by atoms with Crippen LogP contribution in [0, 0.1) is 0 Å². The van der Waals surface area contributed by atoms with E-state index in [0.717, 1.165) is 103 Å². The number of carbonyl (C=O) groups is 2. The molecular weight excluding hydrogens is 888 g/mol. The van der Waals surface area contributed by atoms with Crippen LogP contribution in [0.1, 0.15) is 213 Å². The van der Waals surface area contributed by atoms with Gasteiger partial charge in [-0.1, -0.05) is 184 Å². The van der Waals surface area contributed by atoms with E-state index in [2.05, 4.69) is 74.6 Å². The number of aliphatic hydroxyl groups is 5. The van der Waals surface area contributed by atoms with Crippen LogP contribution in [-0.2, 0) is 32.7 Å². The van der Waals surface area contributed by atoms with E-state index >= 15 is 0 Å². The lowest BCUT2D eigenvalue weighted by Gasteiger charge is -2.41. The van der Waals surface area contributed by atoms with Gasteiger partial charge in [0.05, 0.1) is 6.61 Å². The summed E-state index contributed by atoms with van der Waals surface area (Å²) in [6.45, 7) is 3.20. The molecule has 394 valence electrons. The monoisotopic (exact) mass is 983 g/mol. The van der Waals surface area contributed by atoms with Crippen LogP contribution in [-0.4, -0.2) is 98.3 Å². The van der Waals surface area contributed by atoms with Gasteiger partial charge in [0.15, 0.2) is 6.10 Å². The highest BCUT2D eigenvalue weighted by molar-refractivity contribution is 7.47. The zero-order chi connectivity index (χ0) is 49.9. The maximum atomic E-state index is 12.9. The molecule has 1 rings (SSSR count). The summed E-state index contributed by atoms with van der Waals surface area (Å²) in [5.41, 5.74) is 0. The molecule has 13 nitrogen and oxygen atoms in total.